The average Bonchev–Trinajstić information content (AvgIpc) is 2.97. The largest absolute Gasteiger partial charge is 0.396 e. The van der Waals surface area contributed by atoms with Crippen LogP contribution in [-0.2, 0) is 9.84 Å². The first-order valence-corrected chi connectivity index (χ1v) is 8.34. The van der Waals surface area contributed by atoms with E-state index in [1.807, 2.05) is 17.5 Å². The van der Waals surface area contributed by atoms with Crippen LogP contribution >= 0.6 is 11.3 Å². The lowest BCUT2D eigenvalue weighted by atomic mass is 10.3. The van der Waals surface area contributed by atoms with Gasteiger partial charge in [-0.2, -0.15) is 5.10 Å². The molecule has 0 aliphatic carbocycles. The number of nitrogens with two attached hydrogens (primary N) is 1. The van der Waals surface area contributed by atoms with Crippen LogP contribution in [0.5, 0.6) is 0 Å². The van der Waals surface area contributed by atoms with Crippen molar-refractivity contribution in [3.8, 4) is 10.6 Å². The SMILES string of the molecule is Nc1cn(C2CCS(=O)(=O)C2)nc1-c1cccs1. The Hall–Kier alpha value is -1.34. The second kappa shape index (κ2) is 4.10. The number of aromatic nitrogens is 2. The highest BCUT2D eigenvalue weighted by molar-refractivity contribution is 7.91. The second-order valence-electron chi connectivity index (χ2n) is 4.45. The molecule has 3 rings (SSSR count). The van der Waals surface area contributed by atoms with E-state index in [-0.39, 0.29) is 17.5 Å². The van der Waals surface area contributed by atoms with E-state index in [9.17, 15) is 8.42 Å². The third kappa shape index (κ3) is 2.04. The summed E-state index contributed by atoms with van der Waals surface area (Å²) in [4.78, 5) is 1.01. The van der Waals surface area contributed by atoms with E-state index in [1.54, 1.807) is 22.2 Å². The van der Waals surface area contributed by atoms with Gasteiger partial charge in [0, 0.05) is 6.20 Å². The summed E-state index contributed by atoms with van der Waals surface area (Å²) < 4.78 is 24.6. The lowest BCUT2D eigenvalue weighted by Crippen LogP contribution is -2.11. The number of hydrogen-bond donors (Lipinski definition) is 1. The zero-order valence-corrected chi connectivity index (χ0v) is 11.2. The maximum Gasteiger partial charge on any atom is 0.152 e. The van der Waals surface area contributed by atoms with Crippen molar-refractivity contribution in [1.29, 1.82) is 0 Å². The van der Waals surface area contributed by atoms with E-state index < -0.39 is 9.84 Å². The van der Waals surface area contributed by atoms with Gasteiger partial charge in [-0.3, -0.25) is 4.68 Å². The fourth-order valence-corrected chi connectivity index (χ4v) is 4.62. The van der Waals surface area contributed by atoms with E-state index in [2.05, 4.69) is 5.10 Å². The average molecular weight is 283 g/mol. The molecule has 0 radical (unpaired) electrons. The minimum Gasteiger partial charge on any atom is -0.396 e. The number of anilines is 1. The Morgan fingerprint density at radius 3 is 2.94 bits per heavy atom. The molecule has 7 heteroatoms. The number of thiophene rings is 1. The number of rotatable bonds is 2. The molecule has 0 spiro atoms. The van der Waals surface area contributed by atoms with Crippen molar-refractivity contribution in [3.05, 3.63) is 23.7 Å². The third-order valence-corrected chi connectivity index (χ3v) is 5.72. The molecule has 1 aliphatic heterocycles. The molecule has 2 aromatic heterocycles. The van der Waals surface area contributed by atoms with Gasteiger partial charge in [-0.1, -0.05) is 6.07 Å². The highest BCUT2D eigenvalue weighted by Crippen LogP contribution is 2.31. The van der Waals surface area contributed by atoms with E-state index in [1.165, 1.54) is 0 Å². The van der Waals surface area contributed by atoms with Gasteiger partial charge in [0.2, 0.25) is 0 Å². The maximum absolute atomic E-state index is 11.5. The fourth-order valence-electron chi connectivity index (χ4n) is 2.18. The zero-order valence-electron chi connectivity index (χ0n) is 9.61. The molecule has 2 aromatic rings. The van der Waals surface area contributed by atoms with Crippen LogP contribution < -0.4 is 5.73 Å². The highest BCUT2D eigenvalue weighted by atomic mass is 32.2. The minimum absolute atomic E-state index is 0.0778. The van der Waals surface area contributed by atoms with Gasteiger partial charge in [-0.05, 0) is 17.9 Å². The van der Waals surface area contributed by atoms with Crippen LogP contribution in [0, 0.1) is 0 Å². The Kier molecular flexibility index (Phi) is 2.67. The van der Waals surface area contributed by atoms with Gasteiger partial charge < -0.3 is 5.73 Å². The van der Waals surface area contributed by atoms with Gasteiger partial charge in [0.05, 0.1) is 28.1 Å². The van der Waals surface area contributed by atoms with Crippen molar-refractivity contribution in [3.63, 3.8) is 0 Å². The molecule has 96 valence electrons. The molecule has 1 atom stereocenters. The first kappa shape index (κ1) is 11.7. The van der Waals surface area contributed by atoms with Crippen molar-refractivity contribution >= 4 is 26.9 Å². The molecule has 18 heavy (non-hydrogen) atoms. The lowest BCUT2D eigenvalue weighted by Gasteiger charge is -2.06. The Morgan fingerprint density at radius 1 is 1.50 bits per heavy atom. The number of nitrogen functional groups attached to an aromatic ring is 1. The first-order valence-electron chi connectivity index (χ1n) is 5.64. The van der Waals surface area contributed by atoms with Gasteiger partial charge in [0.1, 0.15) is 5.69 Å². The van der Waals surface area contributed by atoms with Gasteiger partial charge in [0.25, 0.3) is 0 Å². The monoisotopic (exact) mass is 283 g/mol. The molecular weight excluding hydrogens is 270 g/mol. The summed E-state index contributed by atoms with van der Waals surface area (Å²) >= 11 is 1.57. The Balaban J connectivity index is 1.94. The highest BCUT2D eigenvalue weighted by Gasteiger charge is 2.30. The molecule has 1 fully saturated rings. The number of hydrogen-bond acceptors (Lipinski definition) is 5. The van der Waals surface area contributed by atoms with Gasteiger partial charge in [0.15, 0.2) is 9.84 Å². The van der Waals surface area contributed by atoms with E-state index in [0.717, 1.165) is 10.6 Å². The fraction of sp³-hybridized carbons (Fsp3) is 0.364. The summed E-state index contributed by atoms with van der Waals surface area (Å²) in [5, 5.41) is 6.40. The number of sulfone groups is 1. The normalized spacial score (nSPS) is 22.3. The molecular formula is C11H13N3O2S2. The molecule has 0 aromatic carbocycles. The maximum atomic E-state index is 11.5. The van der Waals surface area contributed by atoms with E-state index in [0.29, 0.717) is 12.1 Å². The molecule has 3 heterocycles. The molecule has 0 saturated carbocycles. The topological polar surface area (TPSA) is 78.0 Å². The van der Waals surface area contributed by atoms with E-state index >= 15 is 0 Å². The quantitative estimate of drug-likeness (QED) is 0.907. The van der Waals surface area contributed by atoms with Crippen LogP contribution in [0.2, 0.25) is 0 Å². The van der Waals surface area contributed by atoms with Crippen molar-refractivity contribution < 1.29 is 8.42 Å². The van der Waals surface area contributed by atoms with Crippen molar-refractivity contribution in [2.45, 2.75) is 12.5 Å². The van der Waals surface area contributed by atoms with Crippen molar-refractivity contribution in [1.82, 2.24) is 9.78 Å². The summed E-state index contributed by atoms with van der Waals surface area (Å²) in [5.41, 5.74) is 7.29. The Morgan fingerprint density at radius 2 is 2.33 bits per heavy atom. The summed E-state index contributed by atoms with van der Waals surface area (Å²) in [6.45, 7) is 0. The van der Waals surface area contributed by atoms with Gasteiger partial charge in [-0.25, -0.2) is 8.42 Å². The van der Waals surface area contributed by atoms with Gasteiger partial charge >= 0.3 is 0 Å². The number of nitrogens with zero attached hydrogens (tertiary/aromatic N) is 2. The van der Waals surface area contributed by atoms with Crippen LogP contribution in [0.25, 0.3) is 10.6 Å². The standard InChI is InChI=1S/C11H13N3O2S2/c12-9-6-14(8-3-5-18(15,16)7-8)13-11(9)10-2-1-4-17-10/h1-2,4,6,8H,3,5,7,12H2. The second-order valence-corrected chi connectivity index (χ2v) is 7.62. The van der Waals surface area contributed by atoms with Crippen molar-refractivity contribution in [2.75, 3.05) is 17.2 Å². The minimum atomic E-state index is -2.90. The molecule has 1 unspecified atom stereocenters. The van der Waals surface area contributed by atoms with Gasteiger partial charge in [-0.15, -0.1) is 11.3 Å². The summed E-state index contributed by atoms with van der Waals surface area (Å²) in [6.07, 6.45) is 2.36. The van der Waals surface area contributed by atoms with Crippen molar-refractivity contribution in [2.24, 2.45) is 0 Å². The predicted molar refractivity (Wildman–Crippen MR) is 72.3 cm³/mol. The lowest BCUT2D eigenvalue weighted by molar-refractivity contribution is 0.501. The first-order chi connectivity index (χ1) is 8.55. The molecule has 5 nitrogen and oxygen atoms in total. The van der Waals surface area contributed by atoms with Crippen LogP contribution in [0.3, 0.4) is 0 Å². The molecule has 0 amide bonds. The zero-order chi connectivity index (χ0) is 12.8. The Labute approximate surface area is 109 Å². The molecule has 2 N–H and O–H groups in total. The smallest absolute Gasteiger partial charge is 0.152 e. The summed E-state index contributed by atoms with van der Waals surface area (Å²) in [6, 6.07) is 3.82. The van der Waals surface area contributed by atoms with E-state index in [4.69, 9.17) is 5.73 Å². The van der Waals surface area contributed by atoms with Crippen LogP contribution in [0.1, 0.15) is 12.5 Å². The Bertz CT molecular complexity index is 659. The van der Waals surface area contributed by atoms with Crippen LogP contribution in [0.15, 0.2) is 23.7 Å². The molecule has 0 bridgehead atoms. The summed E-state index contributed by atoms with van der Waals surface area (Å²) in [5.74, 6) is 0.407. The van der Waals surface area contributed by atoms with Crippen LogP contribution in [0.4, 0.5) is 5.69 Å². The third-order valence-electron chi connectivity index (χ3n) is 3.10. The van der Waals surface area contributed by atoms with Crippen LogP contribution in [-0.4, -0.2) is 29.7 Å². The molecule has 1 saturated heterocycles. The predicted octanol–water partition coefficient (Wildman–Crippen LogP) is 1.55. The summed E-state index contributed by atoms with van der Waals surface area (Å²) in [7, 11) is -2.90. The molecule has 1 aliphatic rings.